The van der Waals surface area contributed by atoms with Crippen LogP contribution in [0, 0.1) is 11.7 Å². The fourth-order valence-electron chi connectivity index (χ4n) is 2.51. The standard InChI is InChI=1S/C15H19FN2O3/c1-20-13-3-2-10(16)6-14(13)21-12-4-9(5-12)15(19)18-11-7-17-8-11/h2-3,6,9,11-12,17H,4-5,7-8H2,1H3,(H,18,19)/t9-,12-. The van der Waals surface area contributed by atoms with Gasteiger partial charge in [0.15, 0.2) is 11.5 Å². The van der Waals surface area contributed by atoms with E-state index in [1.165, 1.54) is 25.3 Å². The fraction of sp³-hybridized carbons (Fsp3) is 0.533. The number of ether oxygens (including phenoxy) is 2. The first-order valence-corrected chi connectivity index (χ1v) is 7.17. The van der Waals surface area contributed by atoms with E-state index in [-0.39, 0.29) is 29.8 Å². The lowest BCUT2D eigenvalue weighted by molar-refractivity contribution is -0.131. The van der Waals surface area contributed by atoms with Crippen LogP contribution in [-0.2, 0) is 4.79 Å². The summed E-state index contributed by atoms with van der Waals surface area (Å²) in [5, 5.41) is 6.10. The van der Waals surface area contributed by atoms with Gasteiger partial charge in [-0.2, -0.15) is 0 Å². The largest absolute Gasteiger partial charge is 0.493 e. The van der Waals surface area contributed by atoms with E-state index < -0.39 is 0 Å². The van der Waals surface area contributed by atoms with Crippen molar-refractivity contribution >= 4 is 5.91 Å². The van der Waals surface area contributed by atoms with Crippen molar-refractivity contribution in [1.82, 2.24) is 10.6 Å². The monoisotopic (exact) mass is 294 g/mol. The van der Waals surface area contributed by atoms with Crippen molar-refractivity contribution in [3.8, 4) is 11.5 Å². The SMILES string of the molecule is COc1ccc(F)cc1O[C@H]1C[C@H](C(=O)NC2CNC2)C1. The second kappa shape index (κ2) is 5.89. The summed E-state index contributed by atoms with van der Waals surface area (Å²) in [5.74, 6) is 0.619. The van der Waals surface area contributed by atoms with Gasteiger partial charge in [0.1, 0.15) is 11.9 Å². The minimum absolute atomic E-state index is 0.00449. The Labute approximate surface area is 122 Å². The zero-order valence-corrected chi connectivity index (χ0v) is 11.9. The number of rotatable bonds is 5. The van der Waals surface area contributed by atoms with Gasteiger partial charge in [-0.15, -0.1) is 0 Å². The minimum atomic E-state index is -0.364. The normalized spacial score (nSPS) is 24.7. The summed E-state index contributed by atoms with van der Waals surface area (Å²) < 4.78 is 24.1. The van der Waals surface area contributed by atoms with Crippen molar-refractivity contribution in [2.45, 2.75) is 25.0 Å². The molecular weight excluding hydrogens is 275 g/mol. The molecule has 2 fully saturated rings. The molecule has 1 aromatic carbocycles. The third-order valence-corrected chi connectivity index (χ3v) is 4.01. The Morgan fingerprint density at radius 2 is 2.10 bits per heavy atom. The number of benzene rings is 1. The molecule has 0 unspecified atom stereocenters. The molecule has 1 saturated heterocycles. The molecule has 1 aromatic rings. The van der Waals surface area contributed by atoms with E-state index in [1.807, 2.05) is 0 Å². The van der Waals surface area contributed by atoms with Gasteiger partial charge < -0.3 is 20.1 Å². The number of carbonyl (C=O) groups excluding carboxylic acids is 1. The molecule has 1 amide bonds. The highest BCUT2D eigenvalue weighted by atomic mass is 19.1. The van der Waals surface area contributed by atoms with E-state index in [0.29, 0.717) is 24.3 Å². The van der Waals surface area contributed by atoms with Gasteiger partial charge in [-0.05, 0) is 25.0 Å². The number of methoxy groups -OCH3 is 1. The van der Waals surface area contributed by atoms with E-state index in [0.717, 1.165) is 13.1 Å². The number of carbonyl (C=O) groups is 1. The predicted octanol–water partition coefficient (Wildman–Crippen LogP) is 1.08. The van der Waals surface area contributed by atoms with E-state index >= 15 is 0 Å². The Morgan fingerprint density at radius 3 is 2.71 bits per heavy atom. The van der Waals surface area contributed by atoms with Crippen LogP contribution in [0.3, 0.4) is 0 Å². The Bertz CT molecular complexity index is 528. The average molecular weight is 294 g/mol. The molecule has 1 heterocycles. The summed E-state index contributed by atoms with van der Waals surface area (Å²) in [6, 6.07) is 4.44. The van der Waals surface area contributed by atoms with Crippen molar-refractivity contribution in [3.05, 3.63) is 24.0 Å². The van der Waals surface area contributed by atoms with Crippen molar-refractivity contribution in [2.75, 3.05) is 20.2 Å². The smallest absolute Gasteiger partial charge is 0.223 e. The second-order valence-corrected chi connectivity index (χ2v) is 5.57. The molecule has 114 valence electrons. The lowest BCUT2D eigenvalue weighted by atomic mass is 9.81. The highest BCUT2D eigenvalue weighted by molar-refractivity contribution is 5.80. The van der Waals surface area contributed by atoms with Crippen LogP contribution in [0.5, 0.6) is 11.5 Å². The topological polar surface area (TPSA) is 59.6 Å². The lowest BCUT2D eigenvalue weighted by Crippen LogP contribution is -2.59. The van der Waals surface area contributed by atoms with Gasteiger partial charge in [-0.25, -0.2) is 4.39 Å². The number of hydrogen-bond acceptors (Lipinski definition) is 4. The molecule has 2 N–H and O–H groups in total. The molecule has 1 aliphatic heterocycles. The first-order valence-electron chi connectivity index (χ1n) is 7.17. The molecule has 6 heteroatoms. The summed E-state index contributed by atoms with van der Waals surface area (Å²) >= 11 is 0. The van der Waals surface area contributed by atoms with Crippen LogP contribution in [0.15, 0.2) is 18.2 Å². The van der Waals surface area contributed by atoms with Gasteiger partial charge >= 0.3 is 0 Å². The van der Waals surface area contributed by atoms with Crippen molar-refractivity contribution in [3.63, 3.8) is 0 Å². The highest BCUT2D eigenvalue weighted by Gasteiger charge is 2.37. The Balaban J connectivity index is 1.50. The summed E-state index contributed by atoms with van der Waals surface area (Å²) in [5.41, 5.74) is 0. The van der Waals surface area contributed by atoms with E-state index in [1.54, 1.807) is 0 Å². The van der Waals surface area contributed by atoms with Crippen molar-refractivity contribution < 1.29 is 18.7 Å². The predicted molar refractivity (Wildman–Crippen MR) is 74.9 cm³/mol. The summed E-state index contributed by atoms with van der Waals surface area (Å²) in [7, 11) is 1.52. The number of hydrogen-bond donors (Lipinski definition) is 2. The number of halogens is 1. The van der Waals surface area contributed by atoms with E-state index in [2.05, 4.69) is 10.6 Å². The third-order valence-electron chi connectivity index (χ3n) is 4.01. The van der Waals surface area contributed by atoms with Crippen LogP contribution in [-0.4, -0.2) is 38.3 Å². The van der Waals surface area contributed by atoms with Crippen LogP contribution in [0.4, 0.5) is 4.39 Å². The molecule has 5 nitrogen and oxygen atoms in total. The first-order chi connectivity index (χ1) is 10.2. The molecule has 21 heavy (non-hydrogen) atoms. The van der Waals surface area contributed by atoms with Gasteiger partial charge in [0.05, 0.1) is 13.2 Å². The molecule has 0 bridgehead atoms. The molecule has 0 radical (unpaired) electrons. The first kappa shape index (κ1) is 14.1. The van der Waals surface area contributed by atoms with E-state index in [9.17, 15) is 9.18 Å². The van der Waals surface area contributed by atoms with Gasteiger partial charge in [-0.1, -0.05) is 0 Å². The fourth-order valence-corrected chi connectivity index (χ4v) is 2.51. The van der Waals surface area contributed by atoms with Crippen LogP contribution in [0.1, 0.15) is 12.8 Å². The molecule has 1 aliphatic carbocycles. The van der Waals surface area contributed by atoms with Crippen LogP contribution in [0.25, 0.3) is 0 Å². The maximum Gasteiger partial charge on any atom is 0.223 e. The van der Waals surface area contributed by atoms with Crippen LogP contribution < -0.4 is 20.1 Å². The Hall–Kier alpha value is -1.82. The number of amides is 1. The van der Waals surface area contributed by atoms with Crippen molar-refractivity contribution in [1.29, 1.82) is 0 Å². The molecule has 3 rings (SSSR count). The Kier molecular flexibility index (Phi) is 3.96. The molecular formula is C15H19FN2O3. The number of nitrogens with one attached hydrogen (secondary N) is 2. The maximum atomic E-state index is 13.2. The zero-order chi connectivity index (χ0) is 14.8. The average Bonchev–Trinajstić information content (AvgIpc) is 2.37. The summed E-state index contributed by atoms with van der Waals surface area (Å²) in [4.78, 5) is 11.9. The maximum absolute atomic E-state index is 13.2. The van der Waals surface area contributed by atoms with Crippen LogP contribution in [0.2, 0.25) is 0 Å². The molecule has 0 aromatic heterocycles. The quantitative estimate of drug-likeness (QED) is 0.853. The van der Waals surface area contributed by atoms with Gasteiger partial charge in [-0.3, -0.25) is 4.79 Å². The molecule has 0 atom stereocenters. The molecule has 2 aliphatic rings. The van der Waals surface area contributed by atoms with Crippen LogP contribution >= 0.6 is 0 Å². The lowest BCUT2D eigenvalue weighted by Gasteiger charge is -2.37. The molecule has 1 saturated carbocycles. The Morgan fingerprint density at radius 1 is 1.33 bits per heavy atom. The summed E-state index contributed by atoms with van der Waals surface area (Å²) in [6.45, 7) is 1.69. The van der Waals surface area contributed by atoms with Crippen molar-refractivity contribution in [2.24, 2.45) is 5.92 Å². The zero-order valence-electron chi connectivity index (χ0n) is 11.9. The van der Waals surface area contributed by atoms with Gasteiger partial charge in [0, 0.05) is 25.1 Å². The minimum Gasteiger partial charge on any atom is -0.493 e. The van der Waals surface area contributed by atoms with Gasteiger partial charge in [0.2, 0.25) is 5.91 Å². The van der Waals surface area contributed by atoms with Gasteiger partial charge in [0.25, 0.3) is 0 Å². The summed E-state index contributed by atoms with van der Waals surface area (Å²) in [6.07, 6.45) is 1.26. The molecule has 0 spiro atoms. The van der Waals surface area contributed by atoms with E-state index in [4.69, 9.17) is 9.47 Å². The third kappa shape index (κ3) is 3.10. The second-order valence-electron chi connectivity index (χ2n) is 5.57. The highest BCUT2D eigenvalue weighted by Crippen LogP contribution is 2.35.